The van der Waals surface area contributed by atoms with Crippen LogP contribution in [0, 0.1) is 0 Å². The van der Waals surface area contributed by atoms with E-state index in [0.717, 1.165) is 16.8 Å². The van der Waals surface area contributed by atoms with Crippen molar-refractivity contribution in [1.82, 2.24) is 0 Å². The van der Waals surface area contributed by atoms with Gasteiger partial charge in [-0.15, -0.1) is 0 Å². The molecule has 0 heterocycles. The summed E-state index contributed by atoms with van der Waals surface area (Å²) in [6.07, 6.45) is 0. The Labute approximate surface area is 113 Å². The van der Waals surface area contributed by atoms with Crippen LogP contribution >= 0.6 is 0 Å². The second-order valence-electron chi connectivity index (χ2n) is 4.10. The summed E-state index contributed by atoms with van der Waals surface area (Å²) >= 11 is 0. The van der Waals surface area contributed by atoms with E-state index in [1.807, 2.05) is 60.7 Å². The fourth-order valence-corrected chi connectivity index (χ4v) is 1.69. The number of methoxy groups -OCH3 is 1. The molecule has 0 aromatic heterocycles. The quantitative estimate of drug-likeness (QED) is 0.586. The van der Waals surface area contributed by atoms with Crippen molar-refractivity contribution in [3.8, 4) is 0 Å². The molecule has 0 saturated carbocycles. The number of nitrogens with zero attached hydrogens (tertiary/aromatic N) is 1. The Morgan fingerprint density at radius 3 is 2.21 bits per heavy atom. The number of ether oxygens (including phenoxy) is 1. The summed E-state index contributed by atoms with van der Waals surface area (Å²) < 4.78 is 5.15. The Hall–Kier alpha value is -2.13. The van der Waals surface area contributed by atoms with Crippen LogP contribution in [0.4, 0.5) is 0 Å². The van der Waals surface area contributed by atoms with Crippen molar-refractivity contribution in [3.63, 3.8) is 0 Å². The van der Waals surface area contributed by atoms with Gasteiger partial charge >= 0.3 is 0 Å². The molecule has 0 bridgehead atoms. The molecule has 98 valence electrons. The van der Waals surface area contributed by atoms with Crippen LogP contribution < -0.4 is 0 Å². The van der Waals surface area contributed by atoms with Crippen LogP contribution in [0.3, 0.4) is 0 Å². The third kappa shape index (κ3) is 4.23. The van der Waals surface area contributed by atoms with Crippen LogP contribution in [-0.4, -0.2) is 19.4 Å². The van der Waals surface area contributed by atoms with Crippen molar-refractivity contribution in [2.45, 2.75) is 6.61 Å². The molecule has 0 aliphatic carbocycles. The highest BCUT2D eigenvalue weighted by molar-refractivity contribution is 6.01. The first-order valence-electron chi connectivity index (χ1n) is 6.17. The highest BCUT2D eigenvalue weighted by Crippen LogP contribution is 2.05. The number of hydrogen-bond acceptors (Lipinski definition) is 3. The van der Waals surface area contributed by atoms with Gasteiger partial charge in [-0.25, -0.2) is 0 Å². The largest absolute Gasteiger partial charge is 0.391 e. The summed E-state index contributed by atoms with van der Waals surface area (Å²) in [6.45, 7) is 0.889. The Balaban J connectivity index is 2.01. The van der Waals surface area contributed by atoms with Gasteiger partial charge in [-0.1, -0.05) is 65.8 Å². The molecule has 2 aromatic rings. The molecule has 0 aliphatic heterocycles. The summed E-state index contributed by atoms with van der Waals surface area (Å²) in [6, 6.07) is 19.8. The van der Waals surface area contributed by atoms with Crippen molar-refractivity contribution < 1.29 is 9.57 Å². The summed E-state index contributed by atoms with van der Waals surface area (Å²) in [5.41, 5.74) is 2.90. The molecule has 0 radical (unpaired) electrons. The van der Waals surface area contributed by atoms with E-state index in [1.165, 1.54) is 0 Å². The molecule has 0 fully saturated rings. The van der Waals surface area contributed by atoms with Crippen molar-refractivity contribution >= 4 is 5.71 Å². The van der Waals surface area contributed by atoms with E-state index < -0.39 is 0 Å². The van der Waals surface area contributed by atoms with E-state index in [0.29, 0.717) is 13.2 Å². The maximum Gasteiger partial charge on any atom is 0.142 e. The van der Waals surface area contributed by atoms with Crippen LogP contribution in [0.2, 0.25) is 0 Å². The molecule has 3 nitrogen and oxygen atoms in total. The van der Waals surface area contributed by atoms with Crippen LogP contribution in [-0.2, 0) is 16.2 Å². The van der Waals surface area contributed by atoms with Crippen LogP contribution in [0.5, 0.6) is 0 Å². The SMILES string of the molecule is COC/C(=N\OCc1ccccc1)c1ccccc1. The fraction of sp³-hybridized carbons (Fsp3) is 0.188. The zero-order chi connectivity index (χ0) is 13.3. The number of benzene rings is 2. The average molecular weight is 255 g/mol. The van der Waals surface area contributed by atoms with E-state index in [9.17, 15) is 0 Å². The van der Waals surface area contributed by atoms with Crippen molar-refractivity contribution in [1.29, 1.82) is 0 Å². The number of hydrogen-bond donors (Lipinski definition) is 0. The average Bonchev–Trinajstić information content (AvgIpc) is 2.48. The van der Waals surface area contributed by atoms with Crippen molar-refractivity contribution in [2.24, 2.45) is 5.16 Å². The molecule has 0 unspecified atom stereocenters. The zero-order valence-electron chi connectivity index (χ0n) is 11.0. The van der Waals surface area contributed by atoms with E-state index in [-0.39, 0.29) is 0 Å². The number of oxime groups is 1. The third-order valence-electron chi connectivity index (χ3n) is 2.64. The molecule has 0 spiro atoms. The minimum atomic E-state index is 0.429. The van der Waals surface area contributed by atoms with Gasteiger partial charge in [-0.3, -0.25) is 0 Å². The van der Waals surface area contributed by atoms with Gasteiger partial charge in [-0.05, 0) is 5.56 Å². The predicted molar refractivity (Wildman–Crippen MR) is 76.1 cm³/mol. The maximum absolute atomic E-state index is 5.40. The second kappa shape index (κ2) is 7.34. The lowest BCUT2D eigenvalue weighted by molar-refractivity contribution is 0.127. The van der Waals surface area contributed by atoms with Crippen LogP contribution in [0.25, 0.3) is 0 Å². The molecule has 2 rings (SSSR count). The summed E-state index contributed by atoms with van der Waals surface area (Å²) in [7, 11) is 1.65. The lowest BCUT2D eigenvalue weighted by Gasteiger charge is -2.06. The van der Waals surface area contributed by atoms with E-state index in [2.05, 4.69) is 5.16 Å². The molecule has 19 heavy (non-hydrogen) atoms. The molecule has 0 N–H and O–H groups in total. The molecule has 0 atom stereocenters. The lowest BCUT2D eigenvalue weighted by atomic mass is 10.1. The van der Waals surface area contributed by atoms with Gasteiger partial charge < -0.3 is 9.57 Å². The fourth-order valence-electron chi connectivity index (χ4n) is 1.69. The minimum absolute atomic E-state index is 0.429. The topological polar surface area (TPSA) is 30.8 Å². The highest BCUT2D eigenvalue weighted by atomic mass is 16.6. The standard InChI is InChI=1S/C16H17NO2/c1-18-13-16(15-10-6-3-7-11-15)17-19-12-14-8-4-2-5-9-14/h2-11H,12-13H2,1H3/b17-16+. The lowest BCUT2D eigenvalue weighted by Crippen LogP contribution is -2.09. The Kier molecular flexibility index (Phi) is 5.14. The van der Waals surface area contributed by atoms with Gasteiger partial charge in [0.05, 0.1) is 6.61 Å². The Bertz CT molecular complexity index is 509. The summed E-state index contributed by atoms with van der Waals surface area (Å²) in [5.74, 6) is 0. The normalized spacial score (nSPS) is 11.3. The highest BCUT2D eigenvalue weighted by Gasteiger charge is 2.03. The first-order valence-corrected chi connectivity index (χ1v) is 6.17. The molecule has 2 aromatic carbocycles. The van der Waals surface area contributed by atoms with E-state index in [1.54, 1.807) is 7.11 Å². The van der Waals surface area contributed by atoms with Gasteiger partial charge in [0.2, 0.25) is 0 Å². The molecule has 0 aliphatic rings. The maximum atomic E-state index is 5.40. The van der Waals surface area contributed by atoms with Gasteiger partial charge in [0.25, 0.3) is 0 Å². The van der Waals surface area contributed by atoms with Crippen molar-refractivity contribution in [2.75, 3.05) is 13.7 Å². The van der Waals surface area contributed by atoms with Crippen LogP contribution in [0.15, 0.2) is 65.8 Å². The summed E-state index contributed by atoms with van der Waals surface area (Å²) in [4.78, 5) is 5.40. The third-order valence-corrected chi connectivity index (χ3v) is 2.64. The molecular weight excluding hydrogens is 238 g/mol. The molecule has 3 heteroatoms. The van der Waals surface area contributed by atoms with E-state index >= 15 is 0 Å². The van der Waals surface area contributed by atoms with Gasteiger partial charge in [0.1, 0.15) is 12.3 Å². The second-order valence-corrected chi connectivity index (χ2v) is 4.10. The molecular formula is C16H17NO2. The molecule has 0 amide bonds. The van der Waals surface area contributed by atoms with Gasteiger partial charge in [0.15, 0.2) is 0 Å². The van der Waals surface area contributed by atoms with Gasteiger partial charge in [-0.2, -0.15) is 0 Å². The Morgan fingerprint density at radius 2 is 1.58 bits per heavy atom. The first-order chi connectivity index (χ1) is 9.40. The van der Waals surface area contributed by atoms with E-state index in [4.69, 9.17) is 9.57 Å². The Morgan fingerprint density at radius 1 is 0.947 bits per heavy atom. The predicted octanol–water partition coefficient (Wildman–Crippen LogP) is 3.25. The number of rotatable bonds is 6. The smallest absolute Gasteiger partial charge is 0.142 e. The first kappa shape index (κ1) is 13.3. The monoisotopic (exact) mass is 255 g/mol. The molecule has 0 saturated heterocycles. The minimum Gasteiger partial charge on any atom is -0.391 e. The van der Waals surface area contributed by atoms with Crippen molar-refractivity contribution in [3.05, 3.63) is 71.8 Å². The zero-order valence-corrected chi connectivity index (χ0v) is 11.0. The van der Waals surface area contributed by atoms with Crippen LogP contribution in [0.1, 0.15) is 11.1 Å². The summed E-state index contributed by atoms with van der Waals surface area (Å²) in [5, 5.41) is 4.17. The van der Waals surface area contributed by atoms with Gasteiger partial charge in [0, 0.05) is 12.7 Å².